The Morgan fingerprint density at radius 2 is 1.85 bits per heavy atom. The minimum Gasteiger partial charge on any atom is -0.495 e. The van der Waals surface area contributed by atoms with Crippen LogP contribution < -0.4 is 14.4 Å². The zero-order chi connectivity index (χ0) is 23.2. The number of aliphatic hydroxyl groups is 1. The molecule has 176 valence electrons. The molecule has 1 atom stereocenters. The molecule has 1 aliphatic rings. The maximum atomic E-state index is 11.9. The molecule has 8 heteroatoms. The average Bonchev–Trinajstić information content (AvgIpc) is 3.29. The Balaban J connectivity index is 1.30. The van der Waals surface area contributed by atoms with Crippen LogP contribution in [0.25, 0.3) is 11.0 Å². The number of anilines is 1. The maximum Gasteiger partial charge on any atom is 0.374 e. The number of methoxy groups -OCH3 is 1. The monoisotopic (exact) mass is 454 g/mol. The summed E-state index contributed by atoms with van der Waals surface area (Å²) >= 11 is 0. The van der Waals surface area contributed by atoms with Crippen molar-refractivity contribution in [3.05, 3.63) is 54.3 Å². The summed E-state index contributed by atoms with van der Waals surface area (Å²) in [7, 11) is 1.69. The number of hydrogen-bond acceptors (Lipinski definition) is 8. The second-order valence-electron chi connectivity index (χ2n) is 7.93. The second-order valence-corrected chi connectivity index (χ2v) is 7.93. The van der Waals surface area contributed by atoms with Crippen LogP contribution in [0.4, 0.5) is 5.69 Å². The third-order valence-corrected chi connectivity index (χ3v) is 5.68. The predicted molar refractivity (Wildman–Crippen MR) is 125 cm³/mol. The Kier molecular flexibility index (Phi) is 7.36. The normalized spacial score (nSPS) is 15.4. The number of carbonyl (C=O) groups is 1. The molecular weight excluding hydrogens is 424 g/mol. The van der Waals surface area contributed by atoms with E-state index in [-0.39, 0.29) is 19.0 Å². The van der Waals surface area contributed by atoms with Crippen LogP contribution in [0.15, 0.2) is 52.9 Å². The van der Waals surface area contributed by atoms with Crippen molar-refractivity contribution in [2.24, 2.45) is 0 Å². The number of ether oxygens (including phenoxy) is 3. The van der Waals surface area contributed by atoms with Crippen molar-refractivity contribution in [3.63, 3.8) is 0 Å². The van der Waals surface area contributed by atoms with Crippen LogP contribution >= 0.6 is 0 Å². The van der Waals surface area contributed by atoms with E-state index in [1.165, 1.54) is 0 Å². The first kappa shape index (κ1) is 22.9. The lowest BCUT2D eigenvalue weighted by Gasteiger charge is -2.37. The first-order valence-corrected chi connectivity index (χ1v) is 11.2. The molecule has 33 heavy (non-hydrogen) atoms. The highest BCUT2D eigenvalue weighted by molar-refractivity contribution is 5.94. The molecule has 1 N–H and O–H groups in total. The number of fused-ring (bicyclic) bond motifs is 1. The summed E-state index contributed by atoms with van der Waals surface area (Å²) in [5.74, 6) is 0.990. The van der Waals surface area contributed by atoms with Gasteiger partial charge < -0.3 is 28.6 Å². The molecule has 2 aromatic carbocycles. The summed E-state index contributed by atoms with van der Waals surface area (Å²) < 4.78 is 22.0. The van der Waals surface area contributed by atoms with Crippen LogP contribution in [0.1, 0.15) is 17.5 Å². The van der Waals surface area contributed by atoms with Gasteiger partial charge in [0.15, 0.2) is 11.3 Å². The van der Waals surface area contributed by atoms with Gasteiger partial charge in [0.25, 0.3) is 0 Å². The molecule has 0 bridgehead atoms. The van der Waals surface area contributed by atoms with Crippen molar-refractivity contribution in [2.45, 2.75) is 13.0 Å². The maximum absolute atomic E-state index is 11.9. The standard InChI is InChI=1S/C25H30N2O6/c1-3-31-25(29)23-15-18-7-6-10-22(24(18)33-23)32-17-19(28)16-26-11-13-27(14-12-26)20-8-4-5-9-21(20)30-2/h4-10,15,19,28H,3,11-14,16-17H2,1-2H3. The van der Waals surface area contributed by atoms with Crippen molar-refractivity contribution in [3.8, 4) is 11.5 Å². The van der Waals surface area contributed by atoms with Crippen LogP contribution in [0.2, 0.25) is 0 Å². The number of nitrogens with zero attached hydrogens (tertiary/aromatic N) is 2. The van der Waals surface area contributed by atoms with Crippen molar-refractivity contribution in [2.75, 3.05) is 57.9 Å². The van der Waals surface area contributed by atoms with E-state index in [4.69, 9.17) is 18.6 Å². The van der Waals surface area contributed by atoms with Gasteiger partial charge in [0, 0.05) is 38.1 Å². The molecule has 4 rings (SSSR count). The SMILES string of the molecule is CCOC(=O)c1cc2cccc(OCC(O)CN3CCN(c4ccccc4OC)CC3)c2o1. The average molecular weight is 455 g/mol. The summed E-state index contributed by atoms with van der Waals surface area (Å²) in [6, 6.07) is 15.1. The number of carbonyl (C=O) groups excluding carboxylic acids is 1. The topological polar surface area (TPSA) is 84.6 Å². The Labute approximate surface area is 193 Å². The molecule has 0 radical (unpaired) electrons. The fourth-order valence-electron chi connectivity index (χ4n) is 4.05. The first-order chi connectivity index (χ1) is 16.1. The summed E-state index contributed by atoms with van der Waals surface area (Å²) in [6.45, 7) is 6.06. The quantitative estimate of drug-likeness (QED) is 0.494. The highest BCUT2D eigenvalue weighted by Crippen LogP contribution is 2.30. The van der Waals surface area contributed by atoms with E-state index >= 15 is 0 Å². The van der Waals surface area contributed by atoms with E-state index in [0.717, 1.165) is 43.0 Å². The number of para-hydroxylation sites is 3. The van der Waals surface area contributed by atoms with E-state index in [1.807, 2.05) is 30.3 Å². The van der Waals surface area contributed by atoms with Gasteiger partial charge in [-0.25, -0.2) is 4.79 Å². The summed E-state index contributed by atoms with van der Waals surface area (Å²) in [5, 5.41) is 11.3. The van der Waals surface area contributed by atoms with E-state index in [2.05, 4.69) is 15.9 Å². The number of hydrogen-bond donors (Lipinski definition) is 1. The largest absolute Gasteiger partial charge is 0.495 e. The Morgan fingerprint density at radius 3 is 2.61 bits per heavy atom. The lowest BCUT2D eigenvalue weighted by atomic mass is 10.2. The fourth-order valence-corrected chi connectivity index (χ4v) is 4.05. The lowest BCUT2D eigenvalue weighted by molar-refractivity contribution is 0.0491. The number of piperazine rings is 1. The minimum absolute atomic E-state index is 0.126. The number of β-amino-alcohol motifs (C(OH)–C–C–N with tert-alkyl or cyclic N) is 1. The fraction of sp³-hybridized carbons (Fsp3) is 0.400. The molecule has 8 nitrogen and oxygen atoms in total. The summed E-state index contributed by atoms with van der Waals surface area (Å²) in [5.41, 5.74) is 1.57. The lowest BCUT2D eigenvalue weighted by Crippen LogP contribution is -2.49. The van der Waals surface area contributed by atoms with E-state index in [0.29, 0.717) is 17.9 Å². The number of benzene rings is 2. The summed E-state index contributed by atoms with van der Waals surface area (Å²) in [4.78, 5) is 16.5. The van der Waals surface area contributed by atoms with Crippen LogP contribution in [-0.4, -0.2) is 75.1 Å². The number of rotatable bonds is 9. The Hall–Kier alpha value is -3.23. The van der Waals surface area contributed by atoms with Crippen LogP contribution in [0, 0.1) is 0 Å². The molecule has 1 aliphatic heterocycles. The molecule has 0 amide bonds. The molecule has 1 fully saturated rings. The third-order valence-electron chi connectivity index (χ3n) is 5.68. The molecule has 1 unspecified atom stereocenters. The van der Waals surface area contributed by atoms with E-state index in [1.54, 1.807) is 26.2 Å². The van der Waals surface area contributed by atoms with Crippen LogP contribution in [-0.2, 0) is 4.74 Å². The van der Waals surface area contributed by atoms with Gasteiger partial charge in [0.05, 0.1) is 19.4 Å². The van der Waals surface area contributed by atoms with Gasteiger partial charge in [0.1, 0.15) is 18.5 Å². The van der Waals surface area contributed by atoms with Crippen LogP contribution in [0.3, 0.4) is 0 Å². The van der Waals surface area contributed by atoms with Crippen molar-refractivity contribution in [1.82, 2.24) is 4.90 Å². The van der Waals surface area contributed by atoms with E-state index in [9.17, 15) is 9.90 Å². The zero-order valence-corrected chi connectivity index (χ0v) is 19.0. The molecule has 1 saturated heterocycles. The molecular formula is C25H30N2O6. The van der Waals surface area contributed by atoms with Crippen LogP contribution in [0.5, 0.6) is 11.5 Å². The van der Waals surface area contributed by atoms with E-state index < -0.39 is 12.1 Å². The summed E-state index contributed by atoms with van der Waals surface area (Å²) in [6.07, 6.45) is -0.655. The van der Waals surface area contributed by atoms with Gasteiger partial charge in [0.2, 0.25) is 5.76 Å². The Morgan fingerprint density at radius 1 is 1.09 bits per heavy atom. The number of esters is 1. The van der Waals surface area contributed by atoms with Crippen molar-refractivity contribution < 1.29 is 28.5 Å². The van der Waals surface area contributed by atoms with Crippen molar-refractivity contribution >= 4 is 22.6 Å². The number of furan rings is 1. The second kappa shape index (κ2) is 10.6. The minimum atomic E-state index is -0.655. The molecule has 1 aromatic heterocycles. The molecule has 3 aromatic rings. The molecule has 0 saturated carbocycles. The highest BCUT2D eigenvalue weighted by atomic mass is 16.5. The Bertz CT molecular complexity index is 1070. The van der Waals surface area contributed by atoms with Gasteiger partial charge in [-0.15, -0.1) is 0 Å². The predicted octanol–water partition coefficient (Wildman–Crippen LogP) is 3.18. The van der Waals surface area contributed by atoms with Gasteiger partial charge >= 0.3 is 5.97 Å². The first-order valence-electron chi connectivity index (χ1n) is 11.2. The highest BCUT2D eigenvalue weighted by Gasteiger charge is 2.22. The third kappa shape index (κ3) is 5.40. The smallest absolute Gasteiger partial charge is 0.374 e. The van der Waals surface area contributed by atoms with Crippen molar-refractivity contribution in [1.29, 1.82) is 0 Å². The molecule has 0 aliphatic carbocycles. The molecule has 2 heterocycles. The molecule has 0 spiro atoms. The van der Waals surface area contributed by atoms with Gasteiger partial charge in [-0.2, -0.15) is 0 Å². The van der Waals surface area contributed by atoms with Gasteiger partial charge in [-0.3, -0.25) is 4.90 Å². The zero-order valence-electron chi connectivity index (χ0n) is 19.0. The number of aliphatic hydroxyl groups excluding tert-OH is 1. The van der Waals surface area contributed by atoms with Gasteiger partial charge in [-0.1, -0.05) is 24.3 Å². The van der Waals surface area contributed by atoms with Gasteiger partial charge in [-0.05, 0) is 31.2 Å².